The Morgan fingerprint density at radius 2 is 1.20 bits per heavy atom. The van der Waals surface area contributed by atoms with E-state index < -0.39 is 4.92 Å². The van der Waals surface area contributed by atoms with Gasteiger partial charge in [0, 0.05) is 69.0 Å². The summed E-state index contributed by atoms with van der Waals surface area (Å²) in [4.78, 5) is 28.5. The van der Waals surface area contributed by atoms with Crippen LogP contribution in [-0.4, -0.2) is 49.3 Å². The molecule has 0 saturated heterocycles. The molecule has 4 rings (SSSR count). The number of nitro groups is 1. The largest absolute Gasteiger partial charge is 0.378 e. The Labute approximate surface area is 204 Å². The molecule has 0 aliphatic carbocycles. The number of benzene rings is 3. The Bertz CT molecular complexity index is 1350. The van der Waals surface area contributed by atoms with E-state index in [1.165, 1.54) is 12.1 Å². The molecule has 0 saturated carbocycles. The summed E-state index contributed by atoms with van der Waals surface area (Å²) in [5, 5.41) is 11.1. The molecule has 35 heavy (non-hydrogen) atoms. The summed E-state index contributed by atoms with van der Waals surface area (Å²) >= 11 is 0. The Morgan fingerprint density at radius 1 is 0.743 bits per heavy atom. The monoisotopic (exact) mass is 466 g/mol. The summed E-state index contributed by atoms with van der Waals surface area (Å²) in [5.41, 5.74) is 6.16. The highest BCUT2D eigenvalue weighted by atomic mass is 16.6. The van der Waals surface area contributed by atoms with E-state index in [0.717, 1.165) is 28.1 Å². The first-order valence-corrected chi connectivity index (χ1v) is 11.0. The van der Waals surface area contributed by atoms with Crippen LogP contribution in [0.4, 0.5) is 23.0 Å². The topological polar surface area (TPSA) is 87.8 Å². The van der Waals surface area contributed by atoms with E-state index in [0.29, 0.717) is 17.3 Å². The molecular formula is C27H26N6O2. The van der Waals surface area contributed by atoms with Crippen LogP contribution < -0.4 is 9.80 Å². The first kappa shape index (κ1) is 23.6. The summed E-state index contributed by atoms with van der Waals surface area (Å²) in [6.45, 7) is 0. The zero-order valence-electron chi connectivity index (χ0n) is 20.1. The standard InChI is InChI=1S/C27H26N6O2/c1-31(2)22-11-5-19(6-12-22)18-28-27-29-25(20-7-13-23(14-8-20)32(3)4)17-26(30-27)21-9-15-24(16-10-21)33(34)35/h5-18H,1-4H3/b28-18+. The fourth-order valence-corrected chi connectivity index (χ4v) is 3.46. The highest BCUT2D eigenvalue weighted by Gasteiger charge is 2.11. The smallest absolute Gasteiger partial charge is 0.269 e. The molecule has 0 atom stereocenters. The van der Waals surface area contributed by atoms with Crippen LogP contribution in [0.15, 0.2) is 83.9 Å². The summed E-state index contributed by atoms with van der Waals surface area (Å²) in [6, 6.07) is 24.3. The molecule has 3 aromatic carbocycles. The second-order valence-electron chi connectivity index (χ2n) is 8.43. The lowest BCUT2D eigenvalue weighted by Crippen LogP contribution is -2.08. The van der Waals surface area contributed by atoms with Gasteiger partial charge >= 0.3 is 0 Å². The van der Waals surface area contributed by atoms with Gasteiger partial charge in [-0.25, -0.2) is 15.0 Å². The van der Waals surface area contributed by atoms with Crippen molar-refractivity contribution < 1.29 is 4.92 Å². The van der Waals surface area contributed by atoms with Crippen LogP contribution >= 0.6 is 0 Å². The Hall–Kier alpha value is -4.59. The number of hydrogen-bond acceptors (Lipinski definition) is 7. The third kappa shape index (κ3) is 5.67. The molecule has 0 bridgehead atoms. The van der Waals surface area contributed by atoms with Gasteiger partial charge in [0.2, 0.25) is 5.95 Å². The predicted molar refractivity (Wildman–Crippen MR) is 142 cm³/mol. The van der Waals surface area contributed by atoms with Crippen molar-refractivity contribution >= 4 is 29.2 Å². The fraction of sp³-hybridized carbons (Fsp3) is 0.148. The van der Waals surface area contributed by atoms with Gasteiger partial charge in [-0.2, -0.15) is 0 Å². The van der Waals surface area contributed by atoms with E-state index in [2.05, 4.69) is 15.0 Å². The highest BCUT2D eigenvalue weighted by molar-refractivity contribution is 5.82. The van der Waals surface area contributed by atoms with Gasteiger partial charge in [-0.15, -0.1) is 0 Å². The lowest BCUT2D eigenvalue weighted by Gasteiger charge is -2.13. The number of aliphatic imine (C=N–C) groups is 1. The maximum Gasteiger partial charge on any atom is 0.269 e. The van der Waals surface area contributed by atoms with Crippen molar-refractivity contribution in [2.45, 2.75) is 0 Å². The molecule has 0 radical (unpaired) electrons. The summed E-state index contributed by atoms with van der Waals surface area (Å²) in [7, 11) is 7.97. The average Bonchev–Trinajstić information content (AvgIpc) is 2.87. The van der Waals surface area contributed by atoms with E-state index in [1.54, 1.807) is 18.3 Å². The molecule has 0 unspecified atom stereocenters. The van der Waals surface area contributed by atoms with Gasteiger partial charge in [-0.05, 0) is 48.0 Å². The van der Waals surface area contributed by atoms with Crippen molar-refractivity contribution in [3.8, 4) is 22.5 Å². The fourth-order valence-electron chi connectivity index (χ4n) is 3.46. The molecule has 0 aliphatic heterocycles. The van der Waals surface area contributed by atoms with Crippen molar-refractivity contribution in [1.29, 1.82) is 0 Å². The zero-order valence-corrected chi connectivity index (χ0v) is 20.1. The first-order chi connectivity index (χ1) is 16.8. The van der Waals surface area contributed by atoms with E-state index in [9.17, 15) is 10.1 Å². The number of nitrogens with zero attached hydrogens (tertiary/aromatic N) is 6. The van der Waals surface area contributed by atoms with E-state index in [1.807, 2.05) is 92.6 Å². The minimum Gasteiger partial charge on any atom is -0.378 e. The third-order valence-corrected chi connectivity index (χ3v) is 5.51. The molecular weight excluding hydrogens is 440 g/mol. The molecule has 1 aromatic heterocycles. The Kier molecular flexibility index (Phi) is 6.82. The highest BCUT2D eigenvalue weighted by Crippen LogP contribution is 2.28. The number of hydrogen-bond donors (Lipinski definition) is 0. The summed E-state index contributed by atoms with van der Waals surface area (Å²) in [6.07, 6.45) is 1.73. The van der Waals surface area contributed by atoms with Crippen LogP contribution in [0.2, 0.25) is 0 Å². The van der Waals surface area contributed by atoms with E-state index >= 15 is 0 Å². The number of non-ortho nitro benzene ring substituents is 1. The zero-order chi connectivity index (χ0) is 24.9. The molecule has 4 aromatic rings. The van der Waals surface area contributed by atoms with E-state index in [4.69, 9.17) is 0 Å². The van der Waals surface area contributed by atoms with Crippen LogP contribution in [-0.2, 0) is 0 Å². The van der Waals surface area contributed by atoms with Crippen molar-refractivity contribution in [2.75, 3.05) is 38.0 Å². The van der Waals surface area contributed by atoms with Crippen LogP contribution in [0.1, 0.15) is 5.56 Å². The van der Waals surface area contributed by atoms with Gasteiger partial charge in [0.25, 0.3) is 5.69 Å². The second-order valence-corrected chi connectivity index (χ2v) is 8.43. The maximum absolute atomic E-state index is 11.1. The minimum atomic E-state index is -0.418. The number of aromatic nitrogens is 2. The van der Waals surface area contributed by atoms with Crippen molar-refractivity contribution in [2.24, 2.45) is 4.99 Å². The molecule has 0 amide bonds. The maximum atomic E-state index is 11.1. The second kappa shape index (κ2) is 10.1. The van der Waals surface area contributed by atoms with Crippen LogP contribution in [0.25, 0.3) is 22.5 Å². The molecule has 176 valence electrons. The molecule has 0 N–H and O–H groups in total. The van der Waals surface area contributed by atoms with Crippen LogP contribution in [0.3, 0.4) is 0 Å². The van der Waals surface area contributed by atoms with Crippen molar-refractivity contribution in [3.05, 3.63) is 94.5 Å². The van der Waals surface area contributed by atoms with Gasteiger partial charge in [-0.3, -0.25) is 10.1 Å². The third-order valence-electron chi connectivity index (χ3n) is 5.51. The van der Waals surface area contributed by atoms with Gasteiger partial charge in [0.15, 0.2) is 0 Å². The molecule has 0 spiro atoms. The first-order valence-electron chi connectivity index (χ1n) is 11.0. The summed E-state index contributed by atoms with van der Waals surface area (Å²) in [5.74, 6) is 0.309. The van der Waals surface area contributed by atoms with Crippen LogP contribution in [0, 0.1) is 10.1 Å². The minimum absolute atomic E-state index is 0.0294. The van der Waals surface area contributed by atoms with Gasteiger partial charge < -0.3 is 9.80 Å². The Balaban J connectivity index is 1.73. The van der Waals surface area contributed by atoms with Gasteiger partial charge in [0.05, 0.1) is 16.3 Å². The number of anilines is 2. The SMILES string of the molecule is CN(C)c1ccc(/C=N/c2nc(-c3ccc(N(C)C)cc3)cc(-c3ccc([N+](=O)[O-])cc3)n2)cc1. The lowest BCUT2D eigenvalue weighted by molar-refractivity contribution is -0.384. The Morgan fingerprint density at radius 3 is 1.66 bits per heavy atom. The van der Waals surface area contributed by atoms with Crippen molar-refractivity contribution in [1.82, 2.24) is 9.97 Å². The van der Waals surface area contributed by atoms with Gasteiger partial charge in [0.1, 0.15) is 0 Å². The number of rotatable bonds is 7. The molecule has 1 heterocycles. The number of nitro benzene ring substituents is 1. The molecule has 8 heteroatoms. The van der Waals surface area contributed by atoms with E-state index in [-0.39, 0.29) is 5.69 Å². The quantitative estimate of drug-likeness (QED) is 0.200. The van der Waals surface area contributed by atoms with Crippen LogP contribution in [0.5, 0.6) is 0 Å². The average molecular weight is 467 g/mol. The normalized spacial score (nSPS) is 11.0. The molecule has 0 fully saturated rings. The lowest BCUT2D eigenvalue weighted by atomic mass is 10.1. The molecule has 0 aliphatic rings. The summed E-state index contributed by atoms with van der Waals surface area (Å²) < 4.78 is 0. The van der Waals surface area contributed by atoms with Crippen molar-refractivity contribution in [3.63, 3.8) is 0 Å². The van der Waals surface area contributed by atoms with Gasteiger partial charge in [-0.1, -0.05) is 24.3 Å². The predicted octanol–water partition coefficient (Wildman–Crippen LogP) is 5.60. The molecule has 8 nitrogen and oxygen atoms in total.